The minimum Gasteiger partial charge on any atom is -0.382 e. The molecule has 1 aliphatic carbocycles. The molecule has 0 saturated heterocycles. The van der Waals surface area contributed by atoms with Gasteiger partial charge in [-0.05, 0) is 43.4 Å². The number of aromatic amines is 1. The molecule has 20 heavy (non-hydrogen) atoms. The molecule has 0 fully saturated rings. The van der Waals surface area contributed by atoms with Crippen molar-refractivity contribution in [3.8, 4) is 11.4 Å². The molecule has 0 amide bonds. The summed E-state index contributed by atoms with van der Waals surface area (Å²) in [5, 5.41) is 0. The number of nitrogen functional groups attached to an aromatic ring is 1. The van der Waals surface area contributed by atoms with Crippen molar-refractivity contribution in [1.82, 2.24) is 19.9 Å². The van der Waals surface area contributed by atoms with Crippen LogP contribution < -0.4 is 5.73 Å². The number of benzene rings is 1. The third-order valence-electron chi connectivity index (χ3n) is 3.86. The van der Waals surface area contributed by atoms with E-state index in [0.29, 0.717) is 22.8 Å². The van der Waals surface area contributed by atoms with Crippen LogP contribution in [-0.2, 0) is 12.8 Å². The van der Waals surface area contributed by atoms with E-state index in [1.807, 2.05) is 6.92 Å². The maximum Gasteiger partial charge on any atom is 0.163 e. The second kappa shape index (κ2) is 4.03. The van der Waals surface area contributed by atoms with Crippen molar-refractivity contribution in [3.05, 3.63) is 35.2 Å². The third kappa shape index (κ3) is 1.66. The van der Waals surface area contributed by atoms with Gasteiger partial charge in [-0.15, -0.1) is 0 Å². The summed E-state index contributed by atoms with van der Waals surface area (Å²) in [7, 11) is 0. The maximum atomic E-state index is 5.91. The number of anilines is 1. The fourth-order valence-electron chi connectivity index (χ4n) is 2.89. The van der Waals surface area contributed by atoms with Crippen LogP contribution in [0.4, 0.5) is 5.82 Å². The second-order valence-electron chi connectivity index (χ2n) is 5.28. The monoisotopic (exact) mass is 265 g/mol. The Morgan fingerprint density at radius 1 is 1.10 bits per heavy atom. The Labute approximate surface area is 116 Å². The Kier molecular flexibility index (Phi) is 2.30. The first kappa shape index (κ1) is 11.4. The molecule has 5 heteroatoms. The largest absolute Gasteiger partial charge is 0.382 e. The van der Waals surface area contributed by atoms with E-state index in [0.717, 1.165) is 17.8 Å². The molecule has 0 saturated carbocycles. The molecule has 100 valence electrons. The second-order valence-corrected chi connectivity index (χ2v) is 5.28. The fourth-order valence-corrected chi connectivity index (χ4v) is 2.89. The van der Waals surface area contributed by atoms with Gasteiger partial charge >= 0.3 is 0 Å². The lowest BCUT2D eigenvalue weighted by atomic mass is 10.1. The molecule has 0 spiro atoms. The van der Waals surface area contributed by atoms with Gasteiger partial charge in [0.1, 0.15) is 11.6 Å². The van der Waals surface area contributed by atoms with Gasteiger partial charge < -0.3 is 10.7 Å². The van der Waals surface area contributed by atoms with Crippen molar-refractivity contribution in [2.75, 3.05) is 5.73 Å². The zero-order valence-electron chi connectivity index (χ0n) is 11.3. The predicted octanol–water partition coefficient (Wildman–Crippen LogP) is 2.40. The van der Waals surface area contributed by atoms with E-state index in [2.05, 4.69) is 38.1 Å². The summed E-state index contributed by atoms with van der Waals surface area (Å²) < 4.78 is 0. The average Bonchev–Trinajstić information content (AvgIpc) is 3.03. The summed E-state index contributed by atoms with van der Waals surface area (Å²) in [5.41, 5.74) is 11.2. The lowest BCUT2D eigenvalue weighted by molar-refractivity contribution is 0.912. The third-order valence-corrected chi connectivity index (χ3v) is 3.86. The Balaban J connectivity index is 1.88. The van der Waals surface area contributed by atoms with E-state index in [9.17, 15) is 0 Å². The normalized spacial score (nSPS) is 13.8. The van der Waals surface area contributed by atoms with Crippen LogP contribution in [0.25, 0.3) is 22.6 Å². The topological polar surface area (TPSA) is 80.5 Å². The van der Waals surface area contributed by atoms with Crippen LogP contribution in [0.15, 0.2) is 18.2 Å². The first-order valence-corrected chi connectivity index (χ1v) is 6.83. The van der Waals surface area contributed by atoms with Crippen LogP contribution in [-0.4, -0.2) is 19.9 Å². The van der Waals surface area contributed by atoms with E-state index < -0.39 is 0 Å². The number of hydrogen-bond acceptors (Lipinski definition) is 4. The molecule has 0 unspecified atom stereocenters. The van der Waals surface area contributed by atoms with Gasteiger partial charge in [-0.2, -0.15) is 0 Å². The van der Waals surface area contributed by atoms with Gasteiger partial charge in [0.15, 0.2) is 17.0 Å². The SMILES string of the molecule is Cc1nc(N)c2nc(-c3ccc4c(c3)CCC4)[nH]c2n1. The zero-order valence-corrected chi connectivity index (χ0v) is 11.3. The number of hydrogen-bond donors (Lipinski definition) is 2. The Morgan fingerprint density at radius 3 is 2.85 bits per heavy atom. The maximum absolute atomic E-state index is 5.91. The van der Waals surface area contributed by atoms with Crippen molar-refractivity contribution >= 4 is 17.0 Å². The Bertz CT molecular complexity index is 818. The van der Waals surface area contributed by atoms with Gasteiger partial charge in [-0.25, -0.2) is 15.0 Å². The summed E-state index contributed by atoms with van der Waals surface area (Å²) in [6.07, 6.45) is 3.59. The van der Waals surface area contributed by atoms with Crippen molar-refractivity contribution in [2.45, 2.75) is 26.2 Å². The quantitative estimate of drug-likeness (QED) is 0.708. The van der Waals surface area contributed by atoms with Gasteiger partial charge in [-0.1, -0.05) is 12.1 Å². The minimum absolute atomic E-state index is 0.427. The highest BCUT2D eigenvalue weighted by Gasteiger charge is 2.14. The van der Waals surface area contributed by atoms with Crippen LogP contribution in [0.2, 0.25) is 0 Å². The lowest BCUT2D eigenvalue weighted by Crippen LogP contribution is -1.96. The molecule has 0 aliphatic heterocycles. The molecule has 0 atom stereocenters. The molecule has 3 N–H and O–H groups in total. The van der Waals surface area contributed by atoms with Crippen LogP contribution >= 0.6 is 0 Å². The van der Waals surface area contributed by atoms with Crippen molar-refractivity contribution < 1.29 is 0 Å². The molecule has 1 aromatic carbocycles. The van der Waals surface area contributed by atoms with Crippen LogP contribution in [0.5, 0.6) is 0 Å². The minimum atomic E-state index is 0.427. The van der Waals surface area contributed by atoms with Gasteiger partial charge in [0.2, 0.25) is 0 Å². The smallest absolute Gasteiger partial charge is 0.163 e. The number of aryl methyl sites for hydroxylation is 3. The molecule has 3 aromatic rings. The number of nitrogens with two attached hydrogens (primary N) is 1. The summed E-state index contributed by atoms with van der Waals surface area (Å²) in [4.78, 5) is 16.3. The molecule has 5 nitrogen and oxygen atoms in total. The van der Waals surface area contributed by atoms with Crippen LogP contribution in [0, 0.1) is 6.92 Å². The van der Waals surface area contributed by atoms with Gasteiger partial charge in [0.05, 0.1) is 0 Å². The fraction of sp³-hybridized carbons (Fsp3) is 0.267. The number of aromatic nitrogens is 4. The van der Waals surface area contributed by atoms with Gasteiger partial charge in [0.25, 0.3) is 0 Å². The van der Waals surface area contributed by atoms with Crippen molar-refractivity contribution in [3.63, 3.8) is 0 Å². The Hall–Kier alpha value is -2.43. The van der Waals surface area contributed by atoms with Gasteiger partial charge in [0, 0.05) is 5.56 Å². The van der Waals surface area contributed by atoms with E-state index in [1.165, 1.54) is 24.0 Å². The predicted molar refractivity (Wildman–Crippen MR) is 78.3 cm³/mol. The van der Waals surface area contributed by atoms with E-state index >= 15 is 0 Å². The van der Waals surface area contributed by atoms with E-state index in [-0.39, 0.29) is 0 Å². The summed E-state index contributed by atoms with van der Waals surface area (Å²) in [6, 6.07) is 6.53. The molecule has 2 aromatic heterocycles. The number of nitrogens with one attached hydrogen (secondary N) is 1. The van der Waals surface area contributed by atoms with Gasteiger partial charge in [-0.3, -0.25) is 0 Å². The highest BCUT2D eigenvalue weighted by molar-refractivity contribution is 5.84. The molecule has 0 radical (unpaired) electrons. The average molecular weight is 265 g/mol. The molecule has 2 heterocycles. The van der Waals surface area contributed by atoms with Crippen LogP contribution in [0.1, 0.15) is 23.4 Å². The highest BCUT2D eigenvalue weighted by atomic mass is 15.1. The first-order valence-electron chi connectivity index (χ1n) is 6.83. The molecule has 4 rings (SSSR count). The molecular formula is C15H15N5. The number of fused-ring (bicyclic) bond motifs is 2. The molecule has 0 bridgehead atoms. The molecule has 1 aliphatic rings. The standard InChI is InChI=1S/C15H15N5/c1-8-17-13(16)12-15(18-8)20-14(19-12)11-6-5-9-3-2-4-10(9)7-11/h5-7H,2-4H2,1H3,(H3,16,17,18,19,20). The number of rotatable bonds is 1. The lowest BCUT2D eigenvalue weighted by Gasteiger charge is -2.01. The number of H-pyrrole nitrogens is 1. The van der Waals surface area contributed by atoms with Crippen LogP contribution in [0.3, 0.4) is 0 Å². The first-order chi connectivity index (χ1) is 9.70. The zero-order chi connectivity index (χ0) is 13.7. The van der Waals surface area contributed by atoms with E-state index in [4.69, 9.17) is 5.73 Å². The Morgan fingerprint density at radius 2 is 1.95 bits per heavy atom. The van der Waals surface area contributed by atoms with E-state index in [1.54, 1.807) is 0 Å². The number of nitrogens with zero attached hydrogens (tertiary/aromatic N) is 3. The van der Waals surface area contributed by atoms with Crippen molar-refractivity contribution in [1.29, 1.82) is 0 Å². The highest BCUT2D eigenvalue weighted by Crippen LogP contribution is 2.28. The molecular weight excluding hydrogens is 250 g/mol. The number of imidazole rings is 1. The summed E-state index contributed by atoms with van der Waals surface area (Å²) in [5.74, 6) is 1.89. The summed E-state index contributed by atoms with van der Waals surface area (Å²) in [6.45, 7) is 1.83. The summed E-state index contributed by atoms with van der Waals surface area (Å²) >= 11 is 0. The van der Waals surface area contributed by atoms with Crippen molar-refractivity contribution in [2.24, 2.45) is 0 Å².